The van der Waals surface area contributed by atoms with Gasteiger partial charge in [0.1, 0.15) is 10.8 Å². The first-order valence-electron chi connectivity index (χ1n) is 4.91. The number of carbonyl (C=O) groups is 1. The van der Waals surface area contributed by atoms with Gasteiger partial charge in [-0.25, -0.2) is 9.78 Å². The van der Waals surface area contributed by atoms with Gasteiger partial charge in [-0.2, -0.15) is 0 Å². The Bertz CT molecular complexity index is 584. The minimum Gasteiger partial charge on any atom is -0.478 e. The van der Waals surface area contributed by atoms with Crippen molar-refractivity contribution in [2.24, 2.45) is 0 Å². The lowest BCUT2D eigenvalue weighted by Gasteiger charge is -2.07. The average Bonchev–Trinajstić information content (AvgIpc) is 2.32. The summed E-state index contributed by atoms with van der Waals surface area (Å²) < 4.78 is 0. The standard InChI is InChI=1S/C12H9ClN2O2/c1-7-4-5-9(13)15-10(7)11-8(12(16)17)3-2-6-14-11/h2-6H,1H3,(H,16,17). The first-order chi connectivity index (χ1) is 8.09. The fraction of sp³-hybridized carbons (Fsp3) is 0.0833. The molecule has 0 aliphatic carbocycles. The van der Waals surface area contributed by atoms with E-state index in [4.69, 9.17) is 16.7 Å². The zero-order valence-electron chi connectivity index (χ0n) is 9.01. The molecule has 0 aromatic carbocycles. The number of rotatable bonds is 2. The lowest BCUT2D eigenvalue weighted by molar-refractivity contribution is 0.0697. The molecule has 4 nitrogen and oxygen atoms in total. The van der Waals surface area contributed by atoms with Crippen LogP contribution in [0, 0.1) is 6.92 Å². The fourth-order valence-electron chi connectivity index (χ4n) is 1.51. The third-order valence-corrected chi connectivity index (χ3v) is 2.54. The van der Waals surface area contributed by atoms with E-state index in [1.807, 2.05) is 6.92 Å². The molecule has 0 spiro atoms. The molecular weight excluding hydrogens is 240 g/mol. The molecule has 0 aliphatic rings. The quantitative estimate of drug-likeness (QED) is 0.830. The van der Waals surface area contributed by atoms with E-state index < -0.39 is 5.97 Å². The van der Waals surface area contributed by atoms with Gasteiger partial charge in [0.05, 0.1) is 11.3 Å². The van der Waals surface area contributed by atoms with E-state index in [0.717, 1.165) is 5.56 Å². The lowest BCUT2D eigenvalue weighted by atomic mass is 10.1. The Morgan fingerprint density at radius 1 is 1.29 bits per heavy atom. The Hall–Kier alpha value is -1.94. The Morgan fingerprint density at radius 2 is 2.06 bits per heavy atom. The van der Waals surface area contributed by atoms with Crippen molar-refractivity contribution >= 4 is 17.6 Å². The highest BCUT2D eigenvalue weighted by Gasteiger charge is 2.15. The van der Waals surface area contributed by atoms with E-state index in [2.05, 4.69) is 9.97 Å². The highest BCUT2D eigenvalue weighted by Crippen LogP contribution is 2.24. The van der Waals surface area contributed by atoms with Gasteiger partial charge in [0.25, 0.3) is 0 Å². The second-order valence-electron chi connectivity index (χ2n) is 3.50. The average molecular weight is 249 g/mol. The predicted octanol–water partition coefficient (Wildman–Crippen LogP) is 2.80. The maximum Gasteiger partial charge on any atom is 0.337 e. The minimum absolute atomic E-state index is 0.116. The minimum atomic E-state index is -1.03. The van der Waals surface area contributed by atoms with Crippen LogP contribution in [0.15, 0.2) is 30.5 Å². The third kappa shape index (κ3) is 2.26. The first kappa shape index (κ1) is 11.5. The first-order valence-corrected chi connectivity index (χ1v) is 5.29. The molecular formula is C12H9ClN2O2. The number of carboxylic acids is 1. The number of carboxylic acid groups (broad SMARTS) is 1. The third-order valence-electron chi connectivity index (χ3n) is 2.33. The van der Waals surface area contributed by atoms with Crippen LogP contribution in [0.4, 0.5) is 0 Å². The molecule has 0 atom stereocenters. The second kappa shape index (κ2) is 4.51. The predicted molar refractivity (Wildman–Crippen MR) is 64.2 cm³/mol. The molecule has 0 fully saturated rings. The Balaban J connectivity index is 2.68. The van der Waals surface area contributed by atoms with Gasteiger partial charge in [0.2, 0.25) is 0 Å². The normalized spacial score (nSPS) is 10.2. The van der Waals surface area contributed by atoms with Gasteiger partial charge in [0, 0.05) is 6.20 Å². The van der Waals surface area contributed by atoms with Crippen LogP contribution < -0.4 is 0 Å². The van der Waals surface area contributed by atoms with Crippen LogP contribution in [-0.2, 0) is 0 Å². The lowest BCUT2D eigenvalue weighted by Crippen LogP contribution is -2.03. The smallest absolute Gasteiger partial charge is 0.337 e. The molecule has 2 rings (SSSR count). The monoisotopic (exact) mass is 248 g/mol. The number of aromatic carboxylic acids is 1. The van der Waals surface area contributed by atoms with Crippen LogP contribution in [0.25, 0.3) is 11.4 Å². The van der Waals surface area contributed by atoms with Gasteiger partial charge >= 0.3 is 5.97 Å². The summed E-state index contributed by atoms with van der Waals surface area (Å²) in [4.78, 5) is 19.3. The molecule has 0 bridgehead atoms. The molecule has 2 aromatic heterocycles. The summed E-state index contributed by atoms with van der Waals surface area (Å²) in [7, 11) is 0. The summed E-state index contributed by atoms with van der Waals surface area (Å²) in [5.74, 6) is -1.03. The van der Waals surface area contributed by atoms with E-state index >= 15 is 0 Å². The summed E-state index contributed by atoms with van der Waals surface area (Å²) in [6.07, 6.45) is 1.53. The van der Waals surface area contributed by atoms with E-state index in [0.29, 0.717) is 16.5 Å². The number of halogens is 1. The van der Waals surface area contributed by atoms with Gasteiger partial charge in [-0.3, -0.25) is 4.98 Å². The number of aryl methyl sites for hydroxylation is 1. The van der Waals surface area contributed by atoms with Crippen molar-refractivity contribution in [3.63, 3.8) is 0 Å². The van der Waals surface area contributed by atoms with E-state index in [-0.39, 0.29) is 5.56 Å². The zero-order chi connectivity index (χ0) is 12.4. The second-order valence-corrected chi connectivity index (χ2v) is 3.89. The van der Waals surface area contributed by atoms with Gasteiger partial charge in [0.15, 0.2) is 0 Å². The van der Waals surface area contributed by atoms with Crippen LogP contribution in [-0.4, -0.2) is 21.0 Å². The van der Waals surface area contributed by atoms with Crippen LogP contribution in [0.3, 0.4) is 0 Å². The van der Waals surface area contributed by atoms with Crippen molar-refractivity contribution in [1.82, 2.24) is 9.97 Å². The van der Waals surface area contributed by atoms with Gasteiger partial charge in [-0.1, -0.05) is 17.7 Å². The maximum atomic E-state index is 11.1. The summed E-state index contributed by atoms with van der Waals surface area (Å²) in [5.41, 5.74) is 1.77. The van der Waals surface area contributed by atoms with Crippen LogP contribution in [0.2, 0.25) is 5.15 Å². The Labute approximate surface area is 103 Å². The molecule has 0 amide bonds. The molecule has 86 valence electrons. The Kier molecular flexibility index (Phi) is 3.06. The molecule has 0 saturated carbocycles. The van der Waals surface area contributed by atoms with E-state index in [1.54, 1.807) is 18.2 Å². The van der Waals surface area contributed by atoms with Crippen LogP contribution in [0.1, 0.15) is 15.9 Å². The molecule has 0 aliphatic heterocycles. The number of aromatic nitrogens is 2. The topological polar surface area (TPSA) is 63.1 Å². The van der Waals surface area contributed by atoms with Gasteiger partial charge in [-0.05, 0) is 30.7 Å². The van der Waals surface area contributed by atoms with Crippen molar-refractivity contribution < 1.29 is 9.90 Å². The number of nitrogens with zero attached hydrogens (tertiary/aromatic N) is 2. The van der Waals surface area contributed by atoms with Gasteiger partial charge in [-0.15, -0.1) is 0 Å². The summed E-state index contributed by atoms with van der Waals surface area (Å²) in [6, 6.07) is 6.51. The van der Waals surface area contributed by atoms with Crippen LogP contribution in [0.5, 0.6) is 0 Å². The van der Waals surface area contributed by atoms with E-state index in [1.165, 1.54) is 12.3 Å². The number of pyridine rings is 2. The summed E-state index contributed by atoms with van der Waals surface area (Å²) in [6.45, 7) is 1.83. The van der Waals surface area contributed by atoms with Gasteiger partial charge < -0.3 is 5.11 Å². The number of hydrogen-bond acceptors (Lipinski definition) is 3. The van der Waals surface area contributed by atoms with Crippen molar-refractivity contribution in [3.8, 4) is 11.4 Å². The van der Waals surface area contributed by atoms with Crippen molar-refractivity contribution in [2.75, 3.05) is 0 Å². The summed E-state index contributed by atoms with van der Waals surface area (Å²) in [5, 5.41) is 9.40. The molecule has 17 heavy (non-hydrogen) atoms. The highest BCUT2D eigenvalue weighted by molar-refractivity contribution is 6.29. The van der Waals surface area contributed by atoms with Crippen LogP contribution >= 0.6 is 11.6 Å². The molecule has 2 aromatic rings. The zero-order valence-corrected chi connectivity index (χ0v) is 9.77. The Morgan fingerprint density at radius 3 is 2.76 bits per heavy atom. The fourth-order valence-corrected chi connectivity index (χ4v) is 1.66. The molecule has 0 saturated heterocycles. The highest BCUT2D eigenvalue weighted by atomic mass is 35.5. The maximum absolute atomic E-state index is 11.1. The molecule has 2 heterocycles. The van der Waals surface area contributed by atoms with Crippen molar-refractivity contribution in [1.29, 1.82) is 0 Å². The SMILES string of the molecule is Cc1ccc(Cl)nc1-c1ncccc1C(=O)O. The molecule has 5 heteroatoms. The van der Waals surface area contributed by atoms with E-state index in [9.17, 15) is 4.79 Å². The number of hydrogen-bond donors (Lipinski definition) is 1. The molecule has 0 radical (unpaired) electrons. The summed E-state index contributed by atoms with van der Waals surface area (Å²) >= 11 is 5.81. The van der Waals surface area contributed by atoms with Crippen molar-refractivity contribution in [3.05, 3.63) is 46.7 Å². The largest absolute Gasteiger partial charge is 0.478 e. The molecule has 1 N–H and O–H groups in total. The van der Waals surface area contributed by atoms with Crippen molar-refractivity contribution in [2.45, 2.75) is 6.92 Å². The molecule has 0 unspecified atom stereocenters.